The molecule has 2 aromatic rings. The number of aryl methyl sites for hydroxylation is 1. The van der Waals surface area contributed by atoms with E-state index in [1.54, 1.807) is 13.0 Å². The number of benzene rings is 1. The van der Waals surface area contributed by atoms with E-state index in [1.807, 2.05) is 0 Å². The minimum Gasteiger partial charge on any atom is -0.496 e. The van der Waals surface area contributed by atoms with Crippen LogP contribution in [0.3, 0.4) is 0 Å². The van der Waals surface area contributed by atoms with Crippen LogP contribution in [-0.4, -0.2) is 25.7 Å². The Kier molecular flexibility index (Phi) is 4.56. The standard InChI is InChI=1S/C12H16N4O4S/c1-8-15-12(20-16-8)7-14-21(17,18)10-3-4-11(19-2)9(5-10)6-13/h3-5,14H,6-7,13H2,1-2H3. The zero-order valence-corrected chi connectivity index (χ0v) is 12.5. The van der Waals surface area contributed by atoms with Gasteiger partial charge in [-0.15, -0.1) is 0 Å². The lowest BCUT2D eigenvalue weighted by molar-refractivity contribution is 0.372. The van der Waals surface area contributed by atoms with Crippen LogP contribution < -0.4 is 15.2 Å². The van der Waals surface area contributed by atoms with Gasteiger partial charge in [-0.25, -0.2) is 13.1 Å². The summed E-state index contributed by atoms with van der Waals surface area (Å²) in [6.07, 6.45) is 0. The van der Waals surface area contributed by atoms with E-state index in [9.17, 15) is 8.42 Å². The maximum atomic E-state index is 12.2. The highest BCUT2D eigenvalue weighted by atomic mass is 32.2. The van der Waals surface area contributed by atoms with E-state index in [1.165, 1.54) is 19.2 Å². The lowest BCUT2D eigenvalue weighted by Gasteiger charge is -2.10. The van der Waals surface area contributed by atoms with Crippen molar-refractivity contribution in [3.8, 4) is 5.75 Å². The molecule has 0 aliphatic heterocycles. The summed E-state index contributed by atoms with van der Waals surface area (Å²) in [7, 11) is -2.20. The molecule has 0 saturated carbocycles. The first-order valence-corrected chi connectivity index (χ1v) is 7.60. The van der Waals surface area contributed by atoms with E-state index in [4.69, 9.17) is 15.0 Å². The predicted molar refractivity (Wildman–Crippen MR) is 73.9 cm³/mol. The molecule has 0 fully saturated rings. The van der Waals surface area contributed by atoms with Crippen LogP contribution in [0.25, 0.3) is 0 Å². The molecule has 1 heterocycles. The molecule has 0 aliphatic carbocycles. The second-order valence-electron chi connectivity index (χ2n) is 4.24. The lowest BCUT2D eigenvalue weighted by Crippen LogP contribution is -2.23. The Morgan fingerprint density at radius 1 is 1.43 bits per heavy atom. The van der Waals surface area contributed by atoms with Crippen LogP contribution in [-0.2, 0) is 23.1 Å². The lowest BCUT2D eigenvalue weighted by atomic mass is 10.2. The molecule has 0 radical (unpaired) electrons. The number of methoxy groups -OCH3 is 1. The normalized spacial score (nSPS) is 11.6. The van der Waals surface area contributed by atoms with E-state index in [0.717, 1.165) is 0 Å². The second-order valence-corrected chi connectivity index (χ2v) is 6.00. The quantitative estimate of drug-likeness (QED) is 0.788. The van der Waals surface area contributed by atoms with E-state index in [-0.39, 0.29) is 23.9 Å². The van der Waals surface area contributed by atoms with Crippen molar-refractivity contribution in [1.29, 1.82) is 0 Å². The number of nitrogens with zero attached hydrogens (tertiary/aromatic N) is 2. The van der Waals surface area contributed by atoms with Gasteiger partial charge in [-0.2, -0.15) is 4.98 Å². The van der Waals surface area contributed by atoms with Gasteiger partial charge in [0.25, 0.3) is 0 Å². The molecule has 0 spiro atoms. The molecule has 0 unspecified atom stereocenters. The van der Waals surface area contributed by atoms with Crippen molar-refractivity contribution in [2.45, 2.75) is 24.9 Å². The van der Waals surface area contributed by atoms with Crippen LogP contribution in [0.5, 0.6) is 5.75 Å². The summed E-state index contributed by atoms with van der Waals surface area (Å²) >= 11 is 0. The fraction of sp³-hybridized carbons (Fsp3) is 0.333. The van der Waals surface area contributed by atoms with Crippen molar-refractivity contribution in [1.82, 2.24) is 14.9 Å². The van der Waals surface area contributed by atoms with Crippen molar-refractivity contribution >= 4 is 10.0 Å². The van der Waals surface area contributed by atoms with Crippen molar-refractivity contribution < 1.29 is 17.7 Å². The molecule has 1 aromatic carbocycles. The summed E-state index contributed by atoms with van der Waals surface area (Å²) in [5.41, 5.74) is 6.18. The average Bonchev–Trinajstić information content (AvgIpc) is 2.90. The van der Waals surface area contributed by atoms with E-state index in [2.05, 4.69) is 14.9 Å². The van der Waals surface area contributed by atoms with Crippen LogP contribution >= 0.6 is 0 Å². The Labute approximate surface area is 122 Å². The third-order valence-corrected chi connectivity index (χ3v) is 4.16. The minimum absolute atomic E-state index is 0.0762. The monoisotopic (exact) mass is 312 g/mol. The van der Waals surface area contributed by atoms with Gasteiger partial charge in [-0.1, -0.05) is 5.16 Å². The second kappa shape index (κ2) is 6.20. The van der Waals surface area contributed by atoms with Gasteiger partial charge in [0.05, 0.1) is 18.6 Å². The minimum atomic E-state index is -3.70. The number of rotatable bonds is 6. The summed E-state index contributed by atoms with van der Waals surface area (Å²) in [5, 5.41) is 3.59. The topological polar surface area (TPSA) is 120 Å². The average molecular weight is 312 g/mol. The smallest absolute Gasteiger partial charge is 0.241 e. The first-order chi connectivity index (χ1) is 9.96. The van der Waals surface area contributed by atoms with E-state index < -0.39 is 10.0 Å². The van der Waals surface area contributed by atoms with Gasteiger partial charge < -0.3 is 15.0 Å². The van der Waals surface area contributed by atoms with Crippen molar-refractivity contribution in [2.24, 2.45) is 5.73 Å². The number of hydrogen-bond acceptors (Lipinski definition) is 7. The van der Waals surface area contributed by atoms with E-state index >= 15 is 0 Å². The molecule has 0 atom stereocenters. The Hall–Kier alpha value is -1.97. The Bertz CT molecular complexity index is 727. The molecule has 2 rings (SSSR count). The third kappa shape index (κ3) is 3.57. The largest absolute Gasteiger partial charge is 0.496 e. The zero-order chi connectivity index (χ0) is 15.5. The molecule has 0 aliphatic rings. The molecule has 21 heavy (non-hydrogen) atoms. The predicted octanol–water partition coefficient (Wildman–Crippen LogP) is 0.324. The summed E-state index contributed by atoms with van der Waals surface area (Å²) in [5.74, 6) is 1.19. The van der Waals surface area contributed by atoms with Gasteiger partial charge in [-0.3, -0.25) is 0 Å². The maximum Gasteiger partial charge on any atom is 0.241 e. The van der Waals surface area contributed by atoms with Gasteiger partial charge in [0.2, 0.25) is 15.9 Å². The Balaban J connectivity index is 2.19. The zero-order valence-electron chi connectivity index (χ0n) is 11.7. The van der Waals surface area contributed by atoms with Crippen LogP contribution in [0, 0.1) is 6.92 Å². The van der Waals surface area contributed by atoms with Gasteiger partial charge in [0.1, 0.15) is 5.75 Å². The number of nitrogens with two attached hydrogens (primary N) is 1. The molecular weight excluding hydrogens is 296 g/mol. The van der Waals surface area contributed by atoms with Crippen LogP contribution in [0.2, 0.25) is 0 Å². The fourth-order valence-corrected chi connectivity index (χ4v) is 2.76. The molecule has 8 nitrogen and oxygen atoms in total. The first kappa shape index (κ1) is 15.4. The van der Waals surface area contributed by atoms with Crippen LogP contribution in [0.1, 0.15) is 17.3 Å². The molecule has 9 heteroatoms. The highest BCUT2D eigenvalue weighted by molar-refractivity contribution is 7.89. The highest BCUT2D eigenvalue weighted by Gasteiger charge is 2.17. The Morgan fingerprint density at radius 2 is 2.19 bits per heavy atom. The SMILES string of the molecule is COc1ccc(S(=O)(=O)NCc2nc(C)no2)cc1CN. The van der Waals surface area contributed by atoms with Gasteiger partial charge in [0, 0.05) is 12.1 Å². The van der Waals surface area contributed by atoms with Crippen LogP contribution in [0.4, 0.5) is 0 Å². The summed E-state index contributed by atoms with van der Waals surface area (Å²) in [6, 6.07) is 4.48. The molecule has 1 aromatic heterocycles. The number of ether oxygens (including phenoxy) is 1. The molecule has 114 valence electrons. The third-order valence-electron chi connectivity index (χ3n) is 2.77. The molecular formula is C12H16N4O4S. The van der Waals surface area contributed by atoms with Crippen LogP contribution in [0.15, 0.2) is 27.6 Å². The number of hydrogen-bond donors (Lipinski definition) is 2. The number of aromatic nitrogens is 2. The number of sulfonamides is 1. The summed E-state index contributed by atoms with van der Waals surface area (Å²) in [6.45, 7) is 1.75. The molecule has 3 N–H and O–H groups in total. The highest BCUT2D eigenvalue weighted by Crippen LogP contribution is 2.22. The fourth-order valence-electron chi connectivity index (χ4n) is 1.73. The van der Waals surface area contributed by atoms with E-state index in [0.29, 0.717) is 17.1 Å². The maximum absolute atomic E-state index is 12.2. The molecule has 0 bridgehead atoms. The van der Waals surface area contributed by atoms with Crippen molar-refractivity contribution in [3.05, 3.63) is 35.5 Å². The van der Waals surface area contributed by atoms with Crippen molar-refractivity contribution in [2.75, 3.05) is 7.11 Å². The van der Waals surface area contributed by atoms with Gasteiger partial charge in [0.15, 0.2) is 5.82 Å². The molecule has 0 saturated heterocycles. The van der Waals surface area contributed by atoms with Gasteiger partial charge >= 0.3 is 0 Å². The number of nitrogens with one attached hydrogen (secondary N) is 1. The first-order valence-electron chi connectivity index (χ1n) is 6.12. The summed E-state index contributed by atoms with van der Waals surface area (Å²) < 4.78 is 36.7. The molecule has 0 amide bonds. The Morgan fingerprint density at radius 3 is 2.76 bits per heavy atom. The van der Waals surface area contributed by atoms with Gasteiger partial charge in [-0.05, 0) is 25.1 Å². The van der Waals surface area contributed by atoms with Crippen molar-refractivity contribution in [3.63, 3.8) is 0 Å². The summed E-state index contributed by atoms with van der Waals surface area (Å²) in [4.78, 5) is 4.02.